The van der Waals surface area contributed by atoms with E-state index in [2.05, 4.69) is 32.7 Å². The molecule has 0 radical (unpaired) electrons. The Morgan fingerprint density at radius 1 is 1.18 bits per heavy atom. The normalized spacial score (nSPS) is 11.4. The van der Waals surface area contributed by atoms with Gasteiger partial charge in [-0.3, -0.25) is 0 Å². The number of hydrogen-bond donors (Lipinski definition) is 2. The molecule has 0 fully saturated rings. The van der Waals surface area contributed by atoms with E-state index in [9.17, 15) is 0 Å². The van der Waals surface area contributed by atoms with Crippen molar-refractivity contribution in [3.63, 3.8) is 0 Å². The van der Waals surface area contributed by atoms with Gasteiger partial charge < -0.3 is 24.5 Å². The molecule has 0 amide bonds. The molecule has 2 N–H and O–H groups in total. The number of nitrogens with one attached hydrogen (secondary N) is 2. The molecule has 2 aromatic rings. The third kappa shape index (κ3) is 6.48. The number of benzene rings is 1. The van der Waals surface area contributed by atoms with Crippen molar-refractivity contribution >= 4 is 5.96 Å². The van der Waals surface area contributed by atoms with Gasteiger partial charge in [-0.2, -0.15) is 0 Å². The first-order valence-electron chi connectivity index (χ1n) is 9.82. The minimum Gasteiger partial charge on any atom is -0.493 e. The molecule has 0 aliphatic rings. The Morgan fingerprint density at radius 2 is 2.00 bits per heavy atom. The second kappa shape index (κ2) is 11.2. The van der Waals surface area contributed by atoms with E-state index in [-0.39, 0.29) is 0 Å². The fraction of sp³-hybridized carbons (Fsp3) is 0.524. The smallest absolute Gasteiger partial charge is 0.216 e. The molecule has 2 rings (SSSR count). The lowest BCUT2D eigenvalue weighted by Crippen LogP contribution is -2.37. The lowest BCUT2D eigenvalue weighted by atomic mass is 10.1. The lowest BCUT2D eigenvalue weighted by Gasteiger charge is -2.12. The minimum atomic E-state index is 0.417. The van der Waals surface area contributed by atoms with Crippen LogP contribution in [0.1, 0.15) is 43.2 Å². The molecule has 28 heavy (non-hydrogen) atoms. The van der Waals surface area contributed by atoms with Crippen LogP contribution in [0, 0.1) is 13.8 Å². The van der Waals surface area contributed by atoms with E-state index in [1.807, 2.05) is 33.8 Å². The Hall–Kier alpha value is -2.70. The van der Waals surface area contributed by atoms with Crippen molar-refractivity contribution in [2.45, 2.75) is 47.1 Å². The van der Waals surface area contributed by atoms with Gasteiger partial charge in [-0.05, 0) is 58.2 Å². The van der Waals surface area contributed by atoms with Crippen LogP contribution in [-0.4, -0.2) is 37.7 Å². The number of guanidine groups is 1. The number of ether oxygens (including phenoxy) is 2. The summed E-state index contributed by atoms with van der Waals surface area (Å²) in [7, 11) is 1.66. The Morgan fingerprint density at radius 3 is 2.64 bits per heavy atom. The molecule has 0 bridgehead atoms. The van der Waals surface area contributed by atoms with Gasteiger partial charge in [-0.25, -0.2) is 9.98 Å². The largest absolute Gasteiger partial charge is 0.493 e. The van der Waals surface area contributed by atoms with E-state index in [0.717, 1.165) is 54.8 Å². The SMILES string of the molecule is CCNC(=NCc1nc(C)c(C)o1)NCCCc1ccc(OC)c(OCC)c1. The molecule has 0 unspecified atom stereocenters. The molecule has 0 saturated carbocycles. The molecule has 0 aliphatic heterocycles. The van der Waals surface area contributed by atoms with Gasteiger partial charge in [0, 0.05) is 13.1 Å². The minimum absolute atomic E-state index is 0.417. The van der Waals surface area contributed by atoms with Crippen molar-refractivity contribution in [2.75, 3.05) is 26.8 Å². The summed E-state index contributed by atoms with van der Waals surface area (Å²) in [5, 5.41) is 6.61. The topological polar surface area (TPSA) is 80.9 Å². The van der Waals surface area contributed by atoms with Crippen LogP contribution in [0.5, 0.6) is 11.5 Å². The highest BCUT2D eigenvalue weighted by molar-refractivity contribution is 5.79. The number of nitrogens with zero attached hydrogens (tertiary/aromatic N) is 2. The molecule has 0 atom stereocenters. The summed E-state index contributed by atoms with van der Waals surface area (Å²) in [5.41, 5.74) is 2.13. The number of methoxy groups -OCH3 is 1. The molecule has 154 valence electrons. The van der Waals surface area contributed by atoms with Crippen LogP contribution < -0.4 is 20.1 Å². The number of rotatable bonds is 10. The highest BCUT2D eigenvalue weighted by Gasteiger charge is 2.07. The fourth-order valence-corrected chi connectivity index (χ4v) is 2.74. The van der Waals surface area contributed by atoms with Crippen LogP contribution in [0.3, 0.4) is 0 Å². The summed E-state index contributed by atoms with van der Waals surface area (Å²) in [5.74, 6) is 3.80. The van der Waals surface area contributed by atoms with Crippen LogP contribution in [0.2, 0.25) is 0 Å². The average molecular weight is 389 g/mol. The molecule has 0 aliphatic carbocycles. The second-order valence-electron chi connectivity index (χ2n) is 6.39. The van der Waals surface area contributed by atoms with Crippen LogP contribution >= 0.6 is 0 Å². The molecule has 7 nitrogen and oxygen atoms in total. The average Bonchev–Trinajstić information content (AvgIpc) is 3.01. The van der Waals surface area contributed by atoms with E-state index in [4.69, 9.17) is 13.9 Å². The fourth-order valence-electron chi connectivity index (χ4n) is 2.74. The molecule has 7 heteroatoms. The molecular formula is C21H32N4O3. The Kier molecular flexibility index (Phi) is 8.65. The van der Waals surface area contributed by atoms with Gasteiger partial charge in [0.05, 0.1) is 19.4 Å². The zero-order chi connectivity index (χ0) is 20.4. The van der Waals surface area contributed by atoms with E-state index in [1.54, 1.807) is 7.11 Å². The van der Waals surface area contributed by atoms with Gasteiger partial charge in [0.1, 0.15) is 12.3 Å². The second-order valence-corrected chi connectivity index (χ2v) is 6.39. The van der Waals surface area contributed by atoms with E-state index < -0.39 is 0 Å². The predicted octanol–water partition coefficient (Wildman–Crippen LogP) is 3.39. The van der Waals surface area contributed by atoms with Crippen molar-refractivity contribution in [1.29, 1.82) is 0 Å². The summed E-state index contributed by atoms with van der Waals surface area (Å²) in [4.78, 5) is 8.91. The van der Waals surface area contributed by atoms with Gasteiger partial charge >= 0.3 is 0 Å². The standard InChI is InChI=1S/C21H32N4O3/c1-6-22-21(24-14-20-25-15(3)16(4)28-20)23-12-8-9-17-10-11-18(26-5)19(13-17)27-7-2/h10-11,13H,6-9,12,14H2,1-5H3,(H2,22,23,24). The van der Waals surface area contributed by atoms with Crippen LogP contribution in [0.25, 0.3) is 0 Å². The summed E-state index contributed by atoms with van der Waals surface area (Å²) in [6.07, 6.45) is 1.91. The summed E-state index contributed by atoms with van der Waals surface area (Å²) in [6, 6.07) is 6.09. The van der Waals surface area contributed by atoms with Crippen molar-refractivity contribution in [1.82, 2.24) is 15.6 Å². The Labute approximate surface area is 167 Å². The quantitative estimate of drug-likeness (QED) is 0.369. The molecule has 1 heterocycles. The highest BCUT2D eigenvalue weighted by atomic mass is 16.5. The Bertz CT molecular complexity index is 752. The summed E-state index contributed by atoms with van der Waals surface area (Å²) in [6.45, 7) is 10.5. The zero-order valence-electron chi connectivity index (χ0n) is 17.6. The van der Waals surface area contributed by atoms with E-state index in [1.165, 1.54) is 5.56 Å². The van der Waals surface area contributed by atoms with Crippen molar-refractivity contribution < 1.29 is 13.9 Å². The van der Waals surface area contributed by atoms with E-state index >= 15 is 0 Å². The predicted molar refractivity (Wildman–Crippen MR) is 111 cm³/mol. The summed E-state index contributed by atoms with van der Waals surface area (Å²) < 4.78 is 16.6. The van der Waals surface area contributed by atoms with Gasteiger partial charge in [0.15, 0.2) is 17.5 Å². The number of oxazole rings is 1. The maximum Gasteiger partial charge on any atom is 0.216 e. The number of aliphatic imine (C=N–C) groups is 1. The zero-order valence-corrected chi connectivity index (χ0v) is 17.6. The lowest BCUT2D eigenvalue weighted by molar-refractivity contribution is 0.310. The first-order valence-corrected chi connectivity index (χ1v) is 9.82. The van der Waals surface area contributed by atoms with Crippen LogP contribution in [0.4, 0.5) is 0 Å². The maximum atomic E-state index is 5.64. The molecule has 0 saturated heterocycles. The molecule has 1 aromatic heterocycles. The van der Waals surface area contributed by atoms with Crippen molar-refractivity contribution in [3.05, 3.63) is 41.1 Å². The van der Waals surface area contributed by atoms with Crippen molar-refractivity contribution in [3.8, 4) is 11.5 Å². The van der Waals surface area contributed by atoms with Crippen LogP contribution in [-0.2, 0) is 13.0 Å². The van der Waals surface area contributed by atoms with E-state index in [0.29, 0.717) is 19.0 Å². The van der Waals surface area contributed by atoms with Gasteiger partial charge in [0.25, 0.3) is 0 Å². The monoisotopic (exact) mass is 388 g/mol. The first-order chi connectivity index (χ1) is 13.6. The first kappa shape index (κ1) is 21.6. The maximum absolute atomic E-state index is 5.64. The Balaban J connectivity index is 1.85. The van der Waals surface area contributed by atoms with Gasteiger partial charge in [-0.15, -0.1) is 0 Å². The molecule has 0 spiro atoms. The third-order valence-corrected chi connectivity index (χ3v) is 4.25. The number of aromatic nitrogens is 1. The number of hydrogen-bond acceptors (Lipinski definition) is 5. The van der Waals surface area contributed by atoms with Gasteiger partial charge in [0.2, 0.25) is 5.89 Å². The van der Waals surface area contributed by atoms with Crippen molar-refractivity contribution in [2.24, 2.45) is 4.99 Å². The van der Waals surface area contributed by atoms with Gasteiger partial charge in [-0.1, -0.05) is 6.07 Å². The highest BCUT2D eigenvalue weighted by Crippen LogP contribution is 2.28. The number of aryl methyl sites for hydroxylation is 3. The molecular weight excluding hydrogens is 356 g/mol. The van der Waals surface area contributed by atoms with Crippen LogP contribution in [0.15, 0.2) is 27.6 Å². The molecule has 1 aromatic carbocycles. The third-order valence-electron chi connectivity index (χ3n) is 4.25. The summed E-state index contributed by atoms with van der Waals surface area (Å²) >= 11 is 0.